The average Bonchev–Trinajstić information content (AvgIpc) is 2.40. The number of rotatable bonds is 1. The summed E-state index contributed by atoms with van der Waals surface area (Å²) < 4.78 is 6.36. The van der Waals surface area contributed by atoms with Crippen molar-refractivity contribution in [1.82, 2.24) is 0 Å². The molecule has 2 nitrogen and oxygen atoms in total. The summed E-state index contributed by atoms with van der Waals surface area (Å²) >= 11 is 0. The molecule has 2 unspecified atom stereocenters. The molecule has 3 rings (SSSR count). The molecule has 19 heavy (non-hydrogen) atoms. The first-order chi connectivity index (χ1) is 9.12. The fraction of sp³-hybridized carbons (Fsp3) is 0.647. The van der Waals surface area contributed by atoms with Gasteiger partial charge in [-0.15, -0.1) is 0 Å². The lowest BCUT2D eigenvalue weighted by Gasteiger charge is -2.45. The minimum atomic E-state index is -0.362. The van der Waals surface area contributed by atoms with Gasteiger partial charge >= 0.3 is 0 Å². The van der Waals surface area contributed by atoms with Crippen LogP contribution in [-0.4, -0.2) is 10.7 Å². The average molecular weight is 260 g/mol. The van der Waals surface area contributed by atoms with Crippen molar-refractivity contribution in [3.05, 3.63) is 29.3 Å². The molecule has 1 aliphatic carbocycles. The number of benzene rings is 1. The Morgan fingerprint density at radius 3 is 3.00 bits per heavy atom. The molecule has 0 radical (unpaired) electrons. The monoisotopic (exact) mass is 260 g/mol. The maximum absolute atomic E-state index is 10.5. The van der Waals surface area contributed by atoms with Gasteiger partial charge in [0.15, 0.2) is 0 Å². The third kappa shape index (κ3) is 2.38. The largest absolute Gasteiger partial charge is 0.487 e. The molecule has 2 aliphatic rings. The van der Waals surface area contributed by atoms with Crippen LogP contribution >= 0.6 is 0 Å². The molecule has 3 atom stereocenters. The Hall–Kier alpha value is -1.02. The van der Waals surface area contributed by atoms with Gasteiger partial charge < -0.3 is 9.84 Å². The van der Waals surface area contributed by atoms with E-state index in [0.29, 0.717) is 0 Å². The molecule has 0 aromatic heterocycles. The van der Waals surface area contributed by atoms with E-state index in [0.717, 1.165) is 36.5 Å². The highest BCUT2D eigenvalue weighted by atomic mass is 16.5. The molecule has 0 bridgehead atoms. The van der Waals surface area contributed by atoms with Crippen molar-refractivity contribution in [1.29, 1.82) is 0 Å². The second-order valence-electron chi connectivity index (χ2n) is 6.42. The molecule has 1 aliphatic heterocycles. The number of hydrogen-bond acceptors (Lipinski definition) is 2. The highest BCUT2D eigenvalue weighted by Gasteiger charge is 2.43. The van der Waals surface area contributed by atoms with Crippen LogP contribution in [0.2, 0.25) is 0 Å². The van der Waals surface area contributed by atoms with Crippen LogP contribution in [0.4, 0.5) is 0 Å². The molecule has 1 N–H and O–H groups in total. The summed E-state index contributed by atoms with van der Waals surface area (Å²) in [6.45, 7) is 4.32. The molecule has 1 aromatic carbocycles. The fourth-order valence-corrected chi connectivity index (χ4v) is 3.83. The first-order valence-corrected chi connectivity index (χ1v) is 7.59. The Morgan fingerprint density at radius 2 is 2.21 bits per heavy atom. The van der Waals surface area contributed by atoms with Gasteiger partial charge in [-0.25, -0.2) is 0 Å². The first kappa shape index (κ1) is 13.0. The molecule has 1 heterocycles. The lowest BCUT2D eigenvalue weighted by molar-refractivity contribution is -0.0521. The topological polar surface area (TPSA) is 29.5 Å². The van der Waals surface area contributed by atoms with Crippen molar-refractivity contribution < 1.29 is 9.84 Å². The Balaban J connectivity index is 1.89. The van der Waals surface area contributed by atoms with E-state index in [4.69, 9.17) is 4.74 Å². The molecular formula is C17H24O2. The van der Waals surface area contributed by atoms with E-state index >= 15 is 0 Å². The molecule has 2 heteroatoms. The van der Waals surface area contributed by atoms with Crippen molar-refractivity contribution in [2.75, 3.05) is 0 Å². The summed E-state index contributed by atoms with van der Waals surface area (Å²) in [5.41, 5.74) is 2.05. The van der Waals surface area contributed by atoms with Crippen LogP contribution in [0, 0.1) is 12.8 Å². The maximum atomic E-state index is 10.5. The zero-order valence-electron chi connectivity index (χ0n) is 12.0. The van der Waals surface area contributed by atoms with Crippen LogP contribution in [0.3, 0.4) is 0 Å². The second kappa shape index (κ2) is 4.82. The lowest BCUT2D eigenvalue weighted by atomic mass is 9.72. The van der Waals surface area contributed by atoms with Gasteiger partial charge in [-0.05, 0) is 44.2 Å². The smallest absolute Gasteiger partial charge is 0.125 e. The Kier molecular flexibility index (Phi) is 3.30. The number of aryl methyl sites for hydroxylation is 1. The summed E-state index contributed by atoms with van der Waals surface area (Å²) in [6.07, 6.45) is 6.37. The van der Waals surface area contributed by atoms with Crippen LogP contribution in [0.25, 0.3) is 0 Å². The van der Waals surface area contributed by atoms with Crippen molar-refractivity contribution in [2.24, 2.45) is 5.92 Å². The number of aliphatic hydroxyl groups is 1. The Labute approximate surface area is 115 Å². The van der Waals surface area contributed by atoms with E-state index in [1.807, 2.05) is 6.07 Å². The van der Waals surface area contributed by atoms with Crippen molar-refractivity contribution in [3.8, 4) is 5.75 Å². The second-order valence-corrected chi connectivity index (χ2v) is 6.42. The predicted octanol–water partition coefficient (Wildman–Crippen LogP) is 4.15. The molecule has 104 valence electrons. The molecular weight excluding hydrogens is 236 g/mol. The minimum absolute atomic E-state index is 0.111. The van der Waals surface area contributed by atoms with E-state index in [1.54, 1.807) is 0 Å². The Bertz CT molecular complexity index is 468. The summed E-state index contributed by atoms with van der Waals surface area (Å²) in [5, 5.41) is 10.5. The third-order valence-corrected chi connectivity index (χ3v) is 4.90. The molecule has 1 spiro atoms. The van der Waals surface area contributed by atoms with Gasteiger partial charge in [0.2, 0.25) is 0 Å². The summed E-state index contributed by atoms with van der Waals surface area (Å²) in [5.74, 6) is 1.66. The van der Waals surface area contributed by atoms with Gasteiger partial charge in [-0.1, -0.05) is 31.4 Å². The summed E-state index contributed by atoms with van der Waals surface area (Å²) in [4.78, 5) is 0. The van der Waals surface area contributed by atoms with Crippen molar-refractivity contribution in [3.63, 3.8) is 0 Å². The van der Waals surface area contributed by atoms with Gasteiger partial charge in [0.25, 0.3) is 0 Å². The zero-order valence-corrected chi connectivity index (χ0v) is 12.0. The fourth-order valence-electron chi connectivity index (χ4n) is 3.83. The molecule has 1 aromatic rings. The molecule has 1 fully saturated rings. The quantitative estimate of drug-likeness (QED) is 0.822. The van der Waals surface area contributed by atoms with Crippen LogP contribution in [0.15, 0.2) is 18.2 Å². The maximum Gasteiger partial charge on any atom is 0.125 e. The molecule has 1 saturated carbocycles. The zero-order chi connectivity index (χ0) is 13.5. The van der Waals surface area contributed by atoms with Gasteiger partial charge in [0, 0.05) is 12.0 Å². The van der Waals surface area contributed by atoms with E-state index in [-0.39, 0.29) is 11.7 Å². The van der Waals surface area contributed by atoms with Crippen LogP contribution < -0.4 is 4.74 Å². The van der Waals surface area contributed by atoms with Crippen LogP contribution in [0.5, 0.6) is 5.75 Å². The van der Waals surface area contributed by atoms with Gasteiger partial charge in [0.1, 0.15) is 11.4 Å². The van der Waals surface area contributed by atoms with E-state index in [9.17, 15) is 5.11 Å². The Morgan fingerprint density at radius 1 is 1.37 bits per heavy atom. The SMILES string of the molecule is CCC1CCCC2(C1)C[C@H](O)c1cc(C)ccc1O2. The van der Waals surface area contributed by atoms with Crippen LogP contribution in [-0.2, 0) is 0 Å². The standard InChI is InChI=1S/C17H24O2/c1-3-13-5-4-8-17(10-13)11-15(18)14-9-12(2)6-7-16(14)19-17/h6-7,9,13,15,18H,3-5,8,10-11H2,1-2H3/t13?,15-,17?/m0/s1. The molecule has 0 saturated heterocycles. The lowest BCUT2D eigenvalue weighted by Crippen LogP contribution is -2.45. The predicted molar refractivity (Wildman–Crippen MR) is 76.4 cm³/mol. The summed E-state index contributed by atoms with van der Waals surface area (Å²) in [6, 6.07) is 6.17. The molecule has 0 amide bonds. The normalized spacial score (nSPS) is 33.8. The minimum Gasteiger partial charge on any atom is -0.487 e. The number of fused-ring (bicyclic) bond motifs is 1. The number of aliphatic hydroxyl groups excluding tert-OH is 1. The van der Waals surface area contributed by atoms with Gasteiger partial charge in [-0.2, -0.15) is 0 Å². The highest BCUT2D eigenvalue weighted by Crippen LogP contribution is 2.48. The number of ether oxygens (including phenoxy) is 1. The van der Waals surface area contributed by atoms with E-state index in [2.05, 4.69) is 26.0 Å². The van der Waals surface area contributed by atoms with E-state index in [1.165, 1.54) is 24.8 Å². The van der Waals surface area contributed by atoms with Gasteiger partial charge in [-0.3, -0.25) is 0 Å². The third-order valence-electron chi connectivity index (χ3n) is 4.90. The van der Waals surface area contributed by atoms with Gasteiger partial charge in [0.05, 0.1) is 6.10 Å². The highest BCUT2D eigenvalue weighted by molar-refractivity contribution is 5.41. The van der Waals surface area contributed by atoms with Crippen molar-refractivity contribution >= 4 is 0 Å². The number of hydrogen-bond donors (Lipinski definition) is 1. The van der Waals surface area contributed by atoms with E-state index < -0.39 is 0 Å². The van der Waals surface area contributed by atoms with Crippen LogP contribution in [0.1, 0.15) is 62.7 Å². The first-order valence-electron chi connectivity index (χ1n) is 7.59. The van der Waals surface area contributed by atoms with Crippen molar-refractivity contribution in [2.45, 2.75) is 64.1 Å². The summed E-state index contributed by atoms with van der Waals surface area (Å²) in [7, 11) is 0.